The van der Waals surface area contributed by atoms with Crippen LogP contribution < -0.4 is 10.3 Å². The quantitative estimate of drug-likeness (QED) is 0.642. The number of aliphatic hydroxyl groups excluding tert-OH is 2. The Morgan fingerprint density at radius 2 is 2.33 bits per heavy atom. The molecule has 1 aromatic rings. The van der Waals surface area contributed by atoms with Gasteiger partial charge in [0, 0.05) is 6.20 Å². The first-order valence-electron chi connectivity index (χ1n) is 6.48. The summed E-state index contributed by atoms with van der Waals surface area (Å²) in [5.41, 5.74) is -1.01. The highest BCUT2D eigenvalue weighted by molar-refractivity contribution is 5.88. The van der Waals surface area contributed by atoms with E-state index in [9.17, 15) is 14.7 Å². The van der Waals surface area contributed by atoms with Gasteiger partial charge in [-0.2, -0.15) is 4.98 Å². The maximum atomic E-state index is 11.8. The van der Waals surface area contributed by atoms with Crippen LogP contribution in [0, 0.1) is 0 Å². The number of aliphatic hydroxyl groups is 2. The van der Waals surface area contributed by atoms with E-state index < -0.39 is 36.1 Å². The largest absolute Gasteiger partial charge is 0.462 e. The molecule has 3 rings (SSSR count). The van der Waals surface area contributed by atoms with Crippen LogP contribution in [0.4, 0.5) is 0 Å². The van der Waals surface area contributed by atoms with Gasteiger partial charge in [-0.25, -0.2) is 4.79 Å². The van der Waals surface area contributed by atoms with E-state index in [0.29, 0.717) is 0 Å². The number of aromatic nitrogens is 2. The Bertz CT molecular complexity index is 629. The third-order valence-corrected chi connectivity index (χ3v) is 3.42. The van der Waals surface area contributed by atoms with Crippen LogP contribution in [0.2, 0.25) is 0 Å². The Morgan fingerprint density at radius 1 is 1.57 bits per heavy atom. The lowest BCUT2D eigenvalue weighted by Gasteiger charge is -2.14. The molecule has 1 saturated heterocycles. The third kappa shape index (κ3) is 2.09. The highest BCUT2D eigenvalue weighted by Crippen LogP contribution is 2.38. The molecule has 0 spiro atoms. The van der Waals surface area contributed by atoms with Crippen molar-refractivity contribution in [2.24, 2.45) is 0 Å². The average molecular weight is 298 g/mol. The van der Waals surface area contributed by atoms with Crippen molar-refractivity contribution in [2.75, 3.05) is 13.2 Å². The number of fused-ring (bicyclic) bond motifs is 3. The van der Waals surface area contributed by atoms with E-state index >= 15 is 0 Å². The molecule has 0 aliphatic carbocycles. The lowest BCUT2D eigenvalue weighted by atomic mass is 10.1. The maximum Gasteiger partial charge on any atom is 0.345 e. The Morgan fingerprint density at radius 3 is 3.00 bits per heavy atom. The van der Waals surface area contributed by atoms with E-state index in [4.69, 9.17) is 19.3 Å². The van der Waals surface area contributed by atoms with E-state index in [0.717, 1.165) is 0 Å². The van der Waals surface area contributed by atoms with Crippen molar-refractivity contribution in [3.63, 3.8) is 0 Å². The number of nitrogens with zero attached hydrogens (tertiary/aromatic N) is 2. The molecule has 0 radical (unpaired) electrons. The number of carbonyl (C=O) groups is 1. The zero-order valence-electron chi connectivity index (χ0n) is 11.1. The lowest BCUT2D eigenvalue weighted by Crippen LogP contribution is -2.35. The third-order valence-electron chi connectivity index (χ3n) is 3.42. The van der Waals surface area contributed by atoms with E-state index in [-0.39, 0.29) is 24.8 Å². The van der Waals surface area contributed by atoms with Crippen LogP contribution in [0.3, 0.4) is 0 Å². The lowest BCUT2D eigenvalue weighted by molar-refractivity contribution is -0.0435. The number of hydrogen-bond donors (Lipinski definition) is 2. The minimum absolute atomic E-state index is 0.0431. The Hall–Kier alpha value is -1.97. The Balaban J connectivity index is 1.97. The Labute approximate surface area is 118 Å². The molecular formula is C12H14N2O7. The summed E-state index contributed by atoms with van der Waals surface area (Å²) in [7, 11) is 0. The molecule has 9 heteroatoms. The summed E-state index contributed by atoms with van der Waals surface area (Å²) in [6.07, 6.45) is -2.15. The zero-order chi connectivity index (χ0) is 15.1. The predicted octanol–water partition coefficient (Wildman–Crippen LogP) is -1.57. The number of carbonyl (C=O) groups excluding carboxylic acids is 1. The molecule has 0 saturated carbocycles. The molecular weight excluding hydrogens is 284 g/mol. The standard InChI is InChI=1S/C12H14N2O7/c1-2-19-11(18)5-3-14-10-8(7(16)6(4-15)20-10)21-12(14)13-9(5)17/h3,6-8,10,15-16H,2,4H2,1H3/t6-,7-,8+,10?/m1/s1. The Kier molecular flexibility index (Phi) is 3.40. The molecule has 2 N–H and O–H groups in total. The van der Waals surface area contributed by atoms with E-state index in [1.807, 2.05) is 0 Å². The van der Waals surface area contributed by atoms with Crippen LogP contribution in [0.5, 0.6) is 6.01 Å². The first-order valence-corrected chi connectivity index (χ1v) is 6.48. The van der Waals surface area contributed by atoms with E-state index in [1.54, 1.807) is 6.92 Å². The van der Waals surface area contributed by atoms with Crippen molar-refractivity contribution in [1.29, 1.82) is 0 Å². The second-order valence-corrected chi connectivity index (χ2v) is 4.69. The van der Waals surface area contributed by atoms with Crippen molar-refractivity contribution in [2.45, 2.75) is 31.5 Å². The SMILES string of the molecule is CCOC(=O)c1cn2c(nc1=O)O[C@@H]1C2O[C@H](CO)[C@H]1O. The fourth-order valence-electron chi connectivity index (χ4n) is 2.41. The molecule has 4 atom stereocenters. The van der Waals surface area contributed by atoms with Gasteiger partial charge in [0.25, 0.3) is 5.56 Å². The van der Waals surface area contributed by atoms with Gasteiger partial charge in [-0.1, -0.05) is 0 Å². The summed E-state index contributed by atoms with van der Waals surface area (Å²) in [4.78, 5) is 27.1. The van der Waals surface area contributed by atoms with Crippen LogP contribution in [-0.2, 0) is 9.47 Å². The van der Waals surface area contributed by atoms with Gasteiger partial charge in [0.2, 0.25) is 0 Å². The fourth-order valence-corrected chi connectivity index (χ4v) is 2.41. The molecule has 0 bridgehead atoms. The van der Waals surface area contributed by atoms with Crippen LogP contribution in [0.1, 0.15) is 23.5 Å². The summed E-state index contributed by atoms with van der Waals surface area (Å²) in [5, 5.41) is 19.0. The molecule has 0 amide bonds. The zero-order valence-corrected chi connectivity index (χ0v) is 11.1. The summed E-state index contributed by atoms with van der Waals surface area (Å²) >= 11 is 0. The first kappa shape index (κ1) is 14.0. The first-order chi connectivity index (χ1) is 10.1. The summed E-state index contributed by atoms with van der Waals surface area (Å²) in [6, 6.07) is -0.0431. The van der Waals surface area contributed by atoms with Gasteiger partial charge in [-0.15, -0.1) is 0 Å². The molecule has 0 aromatic carbocycles. The molecule has 1 fully saturated rings. The molecule has 2 aliphatic rings. The topological polar surface area (TPSA) is 120 Å². The van der Waals surface area contributed by atoms with Gasteiger partial charge in [-0.3, -0.25) is 9.36 Å². The van der Waals surface area contributed by atoms with Crippen molar-refractivity contribution < 1.29 is 29.2 Å². The van der Waals surface area contributed by atoms with Crippen molar-refractivity contribution >= 4 is 5.97 Å². The minimum Gasteiger partial charge on any atom is -0.462 e. The number of esters is 1. The van der Waals surface area contributed by atoms with Gasteiger partial charge >= 0.3 is 12.0 Å². The highest BCUT2D eigenvalue weighted by atomic mass is 16.6. The second kappa shape index (κ2) is 5.10. The minimum atomic E-state index is -1.05. The van der Waals surface area contributed by atoms with Crippen molar-refractivity contribution in [3.8, 4) is 6.01 Å². The smallest absolute Gasteiger partial charge is 0.345 e. The highest BCUT2D eigenvalue weighted by Gasteiger charge is 2.51. The second-order valence-electron chi connectivity index (χ2n) is 4.69. The van der Waals surface area contributed by atoms with Gasteiger partial charge in [0.1, 0.15) is 17.8 Å². The molecule has 1 aromatic heterocycles. The summed E-state index contributed by atoms with van der Waals surface area (Å²) in [5.74, 6) is -0.786. The molecule has 2 aliphatic heterocycles. The van der Waals surface area contributed by atoms with Gasteiger partial charge in [0.15, 0.2) is 12.3 Å². The van der Waals surface area contributed by atoms with Gasteiger partial charge < -0.3 is 24.4 Å². The number of ether oxygens (including phenoxy) is 3. The van der Waals surface area contributed by atoms with Gasteiger partial charge in [0.05, 0.1) is 13.2 Å². The van der Waals surface area contributed by atoms with E-state index in [2.05, 4.69) is 4.98 Å². The molecule has 114 valence electrons. The van der Waals surface area contributed by atoms with Crippen molar-refractivity contribution in [1.82, 2.24) is 9.55 Å². The fraction of sp³-hybridized carbons (Fsp3) is 0.583. The molecule has 3 heterocycles. The number of hydrogen-bond acceptors (Lipinski definition) is 8. The van der Waals surface area contributed by atoms with Crippen LogP contribution in [-0.4, -0.2) is 57.3 Å². The monoisotopic (exact) mass is 298 g/mol. The normalized spacial score (nSPS) is 29.7. The van der Waals surface area contributed by atoms with Crippen LogP contribution in [0.25, 0.3) is 0 Å². The predicted molar refractivity (Wildman–Crippen MR) is 65.9 cm³/mol. The number of rotatable bonds is 3. The van der Waals surface area contributed by atoms with Crippen molar-refractivity contribution in [3.05, 3.63) is 22.1 Å². The summed E-state index contributed by atoms with van der Waals surface area (Å²) < 4.78 is 16.9. The molecule has 9 nitrogen and oxygen atoms in total. The van der Waals surface area contributed by atoms with Gasteiger partial charge in [-0.05, 0) is 6.92 Å². The maximum absolute atomic E-state index is 11.8. The van der Waals surface area contributed by atoms with E-state index in [1.165, 1.54) is 10.8 Å². The molecule has 21 heavy (non-hydrogen) atoms. The van der Waals surface area contributed by atoms with Crippen LogP contribution >= 0.6 is 0 Å². The van der Waals surface area contributed by atoms with Crippen LogP contribution in [0.15, 0.2) is 11.0 Å². The average Bonchev–Trinajstić information content (AvgIpc) is 2.95. The summed E-state index contributed by atoms with van der Waals surface area (Å²) in [6.45, 7) is 1.38. The molecule has 1 unspecified atom stereocenters.